The second kappa shape index (κ2) is 12.5. The monoisotopic (exact) mass is 816 g/mol. The van der Waals surface area contributed by atoms with Gasteiger partial charge in [0, 0.05) is 69.8 Å². The molecule has 7 fully saturated rings. The van der Waals surface area contributed by atoms with Crippen molar-refractivity contribution >= 4 is 23.9 Å². The minimum absolute atomic E-state index is 0.151. The molecular weight excluding hydrogens is 760 g/mol. The minimum Gasteiger partial charge on any atom is -0.511 e. The van der Waals surface area contributed by atoms with E-state index in [1.165, 1.54) is 47.9 Å². The van der Waals surface area contributed by atoms with Crippen molar-refractivity contribution in [3.63, 3.8) is 0 Å². The van der Waals surface area contributed by atoms with Gasteiger partial charge in [-0.3, -0.25) is 14.4 Å². The molecule has 0 amide bonds. The van der Waals surface area contributed by atoms with Gasteiger partial charge >= 0.3 is 23.9 Å². The molecule has 0 aromatic carbocycles. The van der Waals surface area contributed by atoms with E-state index in [9.17, 15) is 24.3 Å². The fourth-order valence-electron chi connectivity index (χ4n) is 14.0. The molecular formula is C42H56O16. The highest BCUT2D eigenvalue weighted by Crippen LogP contribution is 2.90. The van der Waals surface area contributed by atoms with Gasteiger partial charge in [-0.1, -0.05) is 48.5 Å². The molecule has 58 heavy (non-hydrogen) atoms. The zero-order valence-corrected chi connectivity index (χ0v) is 35.4. The smallest absolute Gasteiger partial charge is 0.338 e. The van der Waals surface area contributed by atoms with Crippen LogP contribution in [0.25, 0.3) is 0 Å². The van der Waals surface area contributed by atoms with Crippen molar-refractivity contribution in [1.82, 2.24) is 0 Å². The van der Waals surface area contributed by atoms with Gasteiger partial charge in [0.1, 0.15) is 53.1 Å². The van der Waals surface area contributed by atoms with E-state index in [0.29, 0.717) is 5.56 Å². The van der Waals surface area contributed by atoms with Crippen LogP contribution in [0.5, 0.6) is 0 Å². The SMILES string of the molecule is COC(=O)CC1C2(C)CC34OC5(C)OC6(C7C(=C(O)C(C)C)C(=O)OC(c8ccoc8)C7(C)C(OC(=O)C(C)C)C(OC)C6(O5)C13C)C(OC)C4(OC)C2OC(C)=O. The van der Waals surface area contributed by atoms with Crippen LogP contribution in [0.2, 0.25) is 0 Å². The van der Waals surface area contributed by atoms with Crippen molar-refractivity contribution in [2.45, 2.75) is 134 Å². The number of aliphatic hydroxyl groups excluding tert-OH is 1. The molecule has 4 saturated carbocycles. The standard InChI is InChI=1S/C42H56O16/c1-19(2)26(45)25-27-36(7,28(54-32(25)47)22-14-15-52-17-22)29(55-31(46)20(3)4)30(49-11)42-37(8)23(16-24(44)48-10)35(6)18-39(37)41(51-13,33(35)53-21(5)43)34(50-12)40(27,42)57-38(9,56-39)58-42/h14-15,17,19-20,23,27-30,33-34,45H,16,18H2,1-13H3. The first-order valence-electron chi connectivity index (χ1n) is 19.9. The molecule has 16 nitrogen and oxygen atoms in total. The Balaban J connectivity index is 1.60. The number of methoxy groups -OCH3 is 4. The molecule has 0 radical (unpaired) electrons. The topological polar surface area (TPSA) is 194 Å². The summed E-state index contributed by atoms with van der Waals surface area (Å²) in [5, 5.41) is 12.3. The summed E-state index contributed by atoms with van der Waals surface area (Å²) in [6.07, 6.45) is -3.54. The van der Waals surface area contributed by atoms with Gasteiger partial charge in [0.05, 0.1) is 36.5 Å². The summed E-state index contributed by atoms with van der Waals surface area (Å²) in [5.41, 5.74) is -11.1. The van der Waals surface area contributed by atoms with Crippen LogP contribution in [-0.2, 0) is 66.5 Å². The average molecular weight is 817 g/mol. The Morgan fingerprint density at radius 2 is 1.60 bits per heavy atom. The molecule has 8 rings (SSSR count). The third-order valence-electron chi connectivity index (χ3n) is 15.5. The maximum absolute atomic E-state index is 15.0. The Morgan fingerprint density at radius 1 is 0.914 bits per heavy atom. The summed E-state index contributed by atoms with van der Waals surface area (Å²) in [6.45, 7) is 15.4. The summed E-state index contributed by atoms with van der Waals surface area (Å²) in [6, 6.07) is 1.65. The highest BCUT2D eigenvalue weighted by atomic mass is 16.9. The highest BCUT2D eigenvalue weighted by molar-refractivity contribution is 5.92. The van der Waals surface area contributed by atoms with Crippen molar-refractivity contribution < 1.29 is 76.1 Å². The molecule has 2 spiro atoms. The molecule has 4 bridgehead atoms. The van der Waals surface area contributed by atoms with Crippen LogP contribution in [0.4, 0.5) is 0 Å². The van der Waals surface area contributed by atoms with Gasteiger partial charge < -0.3 is 56.9 Å². The third-order valence-corrected chi connectivity index (χ3v) is 15.5. The van der Waals surface area contributed by atoms with Crippen LogP contribution in [0.15, 0.2) is 34.3 Å². The van der Waals surface area contributed by atoms with Crippen LogP contribution in [-0.4, -0.2) is 110 Å². The molecule has 16 heteroatoms. The molecule has 1 aromatic rings. The Hall–Kier alpha value is -3.54. The molecule has 15 unspecified atom stereocenters. The number of carbonyl (C=O) groups excluding carboxylic acids is 4. The fourth-order valence-corrected chi connectivity index (χ4v) is 14.0. The van der Waals surface area contributed by atoms with Crippen molar-refractivity contribution in [2.75, 3.05) is 28.4 Å². The van der Waals surface area contributed by atoms with Gasteiger partial charge in [-0.25, -0.2) is 4.79 Å². The lowest BCUT2D eigenvalue weighted by Gasteiger charge is -2.79. The van der Waals surface area contributed by atoms with E-state index in [4.69, 9.17) is 51.8 Å². The molecule has 1 aromatic heterocycles. The van der Waals surface area contributed by atoms with Crippen molar-refractivity contribution in [2.24, 2.45) is 39.9 Å². The first-order valence-corrected chi connectivity index (χ1v) is 19.9. The highest BCUT2D eigenvalue weighted by Gasteiger charge is 3.06. The van der Waals surface area contributed by atoms with E-state index in [2.05, 4.69) is 0 Å². The van der Waals surface area contributed by atoms with Gasteiger partial charge in [0.25, 0.3) is 5.97 Å². The Morgan fingerprint density at radius 3 is 2.14 bits per heavy atom. The third kappa shape index (κ3) is 4.17. The largest absolute Gasteiger partial charge is 0.511 e. The van der Waals surface area contributed by atoms with E-state index < -0.39 is 123 Å². The molecule has 3 aliphatic heterocycles. The first kappa shape index (κ1) is 41.2. The van der Waals surface area contributed by atoms with E-state index in [0.717, 1.165) is 0 Å². The van der Waals surface area contributed by atoms with Gasteiger partial charge in [-0.2, -0.15) is 0 Å². The number of furan rings is 1. The normalized spacial score (nSPS) is 48.7. The fraction of sp³-hybridized carbons (Fsp3) is 0.762. The Kier molecular flexibility index (Phi) is 8.89. The van der Waals surface area contributed by atoms with Crippen molar-refractivity contribution in [1.29, 1.82) is 0 Å². The summed E-state index contributed by atoms with van der Waals surface area (Å²) in [7, 11) is 5.70. The van der Waals surface area contributed by atoms with Crippen LogP contribution in [0, 0.1) is 39.9 Å². The lowest BCUT2D eigenvalue weighted by Crippen LogP contribution is -2.97. The lowest BCUT2D eigenvalue weighted by atomic mass is 9.32. The Bertz CT molecular complexity index is 1960. The summed E-state index contributed by atoms with van der Waals surface area (Å²) < 4.78 is 72.9. The van der Waals surface area contributed by atoms with Crippen LogP contribution < -0.4 is 0 Å². The number of rotatable bonds is 10. The molecule has 3 saturated heterocycles. The number of esters is 4. The van der Waals surface area contributed by atoms with E-state index in [-0.39, 0.29) is 24.2 Å². The second-order valence-electron chi connectivity index (χ2n) is 18.6. The number of cyclic esters (lactones) is 1. The Labute approximate surface area is 337 Å². The lowest BCUT2D eigenvalue weighted by molar-refractivity contribution is -0.494. The van der Waals surface area contributed by atoms with E-state index >= 15 is 0 Å². The van der Waals surface area contributed by atoms with Crippen LogP contribution >= 0.6 is 0 Å². The van der Waals surface area contributed by atoms with E-state index in [1.807, 2.05) is 13.8 Å². The van der Waals surface area contributed by atoms with Gasteiger partial charge in [0.2, 0.25) is 0 Å². The van der Waals surface area contributed by atoms with Crippen molar-refractivity contribution in [3.8, 4) is 0 Å². The predicted molar refractivity (Wildman–Crippen MR) is 196 cm³/mol. The number of hydrogen-bond donors (Lipinski definition) is 1. The first-order chi connectivity index (χ1) is 27.1. The van der Waals surface area contributed by atoms with Crippen molar-refractivity contribution in [3.05, 3.63) is 35.5 Å². The maximum atomic E-state index is 15.0. The van der Waals surface area contributed by atoms with Gasteiger partial charge in [-0.05, 0) is 18.4 Å². The minimum atomic E-state index is -2.03. The zero-order valence-electron chi connectivity index (χ0n) is 35.4. The number of hydrogen-bond acceptors (Lipinski definition) is 16. The van der Waals surface area contributed by atoms with Gasteiger partial charge in [0.15, 0.2) is 5.60 Å². The second-order valence-corrected chi connectivity index (χ2v) is 18.6. The predicted octanol–water partition coefficient (Wildman–Crippen LogP) is 4.49. The molecule has 320 valence electrons. The summed E-state index contributed by atoms with van der Waals surface area (Å²) in [5.74, 6) is -8.35. The van der Waals surface area contributed by atoms with Crippen LogP contribution in [0.1, 0.15) is 86.8 Å². The molecule has 15 atom stereocenters. The number of ether oxygens (including phenoxy) is 10. The quantitative estimate of drug-likeness (QED) is 0.150. The molecule has 7 aliphatic rings. The number of aliphatic hydroxyl groups is 1. The molecule has 4 heterocycles. The van der Waals surface area contributed by atoms with E-state index in [1.54, 1.807) is 47.6 Å². The van der Waals surface area contributed by atoms with Gasteiger partial charge in [-0.15, -0.1) is 0 Å². The summed E-state index contributed by atoms with van der Waals surface area (Å²) >= 11 is 0. The number of fused-ring (bicyclic) bond motifs is 3. The average Bonchev–Trinajstić information content (AvgIpc) is 3.85. The molecule has 1 N–H and O–H groups in total. The number of allylic oxidation sites excluding steroid dienone is 1. The van der Waals surface area contributed by atoms with Crippen LogP contribution in [0.3, 0.4) is 0 Å². The molecule has 4 aliphatic carbocycles. The maximum Gasteiger partial charge on any atom is 0.338 e. The zero-order chi connectivity index (χ0) is 42.6. The summed E-state index contributed by atoms with van der Waals surface area (Å²) in [4.78, 5) is 56.2. The number of carbonyl (C=O) groups is 4.